The molecule has 20 heavy (non-hydrogen) atoms. The van der Waals surface area contributed by atoms with E-state index in [2.05, 4.69) is 15.0 Å². The fourth-order valence-electron chi connectivity index (χ4n) is 1.91. The minimum absolute atomic E-state index is 0.0728. The van der Waals surface area contributed by atoms with Crippen molar-refractivity contribution < 1.29 is 9.90 Å². The van der Waals surface area contributed by atoms with Crippen molar-refractivity contribution in [1.29, 1.82) is 0 Å². The number of aromatic nitrogens is 3. The molecular weight excluding hydrogens is 278 g/mol. The Morgan fingerprint density at radius 3 is 2.70 bits per heavy atom. The topological polar surface area (TPSA) is 95.9 Å². The Balaban J connectivity index is 2.21. The van der Waals surface area contributed by atoms with E-state index in [1.807, 2.05) is 12.3 Å². The van der Waals surface area contributed by atoms with Gasteiger partial charge < -0.3 is 10.1 Å². The van der Waals surface area contributed by atoms with Crippen LogP contribution in [0.5, 0.6) is 0 Å². The van der Waals surface area contributed by atoms with Crippen molar-refractivity contribution in [1.82, 2.24) is 15.0 Å². The number of nitrogens with one attached hydrogen (secondary N) is 1. The summed E-state index contributed by atoms with van der Waals surface area (Å²) in [6, 6.07) is 0. The molecule has 2 aromatic heterocycles. The molecule has 0 saturated carbocycles. The molecule has 2 N–H and O–H groups in total. The third-order valence-corrected chi connectivity index (χ3v) is 3.81. The number of thiazole rings is 1. The molecule has 0 aliphatic rings. The summed E-state index contributed by atoms with van der Waals surface area (Å²) in [5, 5.41) is 11.5. The first-order valence-electron chi connectivity index (χ1n) is 6.17. The smallest absolute Gasteiger partial charge is 0.303 e. The predicted octanol–water partition coefficient (Wildman–Crippen LogP) is 1.45. The lowest BCUT2D eigenvalue weighted by Gasteiger charge is -2.05. The molecule has 0 radical (unpaired) electrons. The van der Waals surface area contributed by atoms with E-state index < -0.39 is 5.97 Å². The van der Waals surface area contributed by atoms with E-state index in [0.717, 1.165) is 10.7 Å². The number of carbonyl (C=O) groups is 1. The number of aryl methyl sites for hydroxylation is 2. The second-order valence-electron chi connectivity index (χ2n) is 4.53. The van der Waals surface area contributed by atoms with Crippen LogP contribution in [0.15, 0.2) is 10.2 Å². The summed E-state index contributed by atoms with van der Waals surface area (Å²) in [5.74, 6) is -0.368. The molecular formula is C13H15N3O3S. The van der Waals surface area contributed by atoms with Crippen molar-refractivity contribution in [2.45, 2.75) is 33.1 Å². The number of nitrogens with zero attached hydrogens (tertiary/aromatic N) is 2. The fourth-order valence-corrected chi connectivity index (χ4v) is 2.68. The standard InChI is InChI=1S/C13H15N3O3S/c1-7-6-20-11(14-7)5-10-15-8(2)9(13(19)16-10)3-4-12(17)18/h6H,3-5H2,1-2H3,(H,17,18)(H,15,16,19). The average molecular weight is 293 g/mol. The lowest BCUT2D eigenvalue weighted by molar-refractivity contribution is -0.136. The molecule has 0 aromatic carbocycles. The van der Waals surface area contributed by atoms with Crippen molar-refractivity contribution in [3.8, 4) is 0 Å². The monoisotopic (exact) mass is 293 g/mol. The lowest BCUT2D eigenvalue weighted by atomic mass is 10.1. The number of aliphatic carboxylic acids is 1. The Bertz CT molecular complexity index is 690. The summed E-state index contributed by atoms with van der Waals surface area (Å²) in [6.07, 6.45) is 0.602. The van der Waals surface area contributed by atoms with Crippen molar-refractivity contribution in [2.24, 2.45) is 0 Å². The normalized spacial score (nSPS) is 10.7. The van der Waals surface area contributed by atoms with E-state index in [1.54, 1.807) is 6.92 Å². The van der Waals surface area contributed by atoms with Gasteiger partial charge in [0.05, 0.1) is 6.42 Å². The van der Waals surface area contributed by atoms with E-state index in [-0.39, 0.29) is 18.4 Å². The molecule has 0 atom stereocenters. The predicted molar refractivity (Wildman–Crippen MR) is 75.2 cm³/mol. The maximum absolute atomic E-state index is 12.0. The van der Waals surface area contributed by atoms with Crippen molar-refractivity contribution in [3.63, 3.8) is 0 Å². The summed E-state index contributed by atoms with van der Waals surface area (Å²) in [5.41, 5.74) is 1.70. The molecule has 0 fully saturated rings. The fraction of sp³-hybridized carbons (Fsp3) is 0.385. The Hall–Kier alpha value is -2.02. The zero-order chi connectivity index (χ0) is 14.7. The van der Waals surface area contributed by atoms with Crippen LogP contribution in [0.25, 0.3) is 0 Å². The van der Waals surface area contributed by atoms with Crippen LogP contribution in [0.1, 0.15) is 34.2 Å². The summed E-state index contributed by atoms with van der Waals surface area (Å²) < 4.78 is 0. The Kier molecular flexibility index (Phi) is 4.29. The van der Waals surface area contributed by atoms with Crippen LogP contribution in [0, 0.1) is 13.8 Å². The molecule has 0 bridgehead atoms. The lowest BCUT2D eigenvalue weighted by Crippen LogP contribution is -2.20. The molecule has 2 rings (SSSR count). The average Bonchev–Trinajstić information content (AvgIpc) is 2.73. The van der Waals surface area contributed by atoms with Gasteiger partial charge in [-0.2, -0.15) is 0 Å². The highest BCUT2D eigenvalue weighted by atomic mass is 32.1. The van der Waals surface area contributed by atoms with Crippen LogP contribution in [0.4, 0.5) is 0 Å². The maximum Gasteiger partial charge on any atom is 0.303 e. The minimum atomic E-state index is -0.925. The van der Waals surface area contributed by atoms with Gasteiger partial charge in [-0.1, -0.05) is 0 Å². The zero-order valence-corrected chi connectivity index (χ0v) is 12.1. The summed E-state index contributed by atoms with van der Waals surface area (Å²) in [6.45, 7) is 3.64. The molecule has 7 heteroatoms. The highest BCUT2D eigenvalue weighted by molar-refractivity contribution is 7.09. The third-order valence-electron chi connectivity index (χ3n) is 2.85. The van der Waals surface area contributed by atoms with Crippen molar-refractivity contribution in [2.75, 3.05) is 0 Å². The van der Waals surface area contributed by atoms with E-state index in [4.69, 9.17) is 5.11 Å². The van der Waals surface area contributed by atoms with Gasteiger partial charge in [-0.25, -0.2) is 9.97 Å². The van der Waals surface area contributed by atoms with Gasteiger partial charge in [-0.15, -0.1) is 11.3 Å². The van der Waals surface area contributed by atoms with Crippen LogP contribution in [0.2, 0.25) is 0 Å². The van der Waals surface area contributed by atoms with Crippen LogP contribution >= 0.6 is 11.3 Å². The largest absolute Gasteiger partial charge is 0.481 e. The van der Waals surface area contributed by atoms with Gasteiger partial charge in [0.15, 0.2) is 0 Å². The highest BCUT2D eigenvalue weighted by Crippen LogP contribution is 2.12. The second-order valence-corrected chi connectivity index (χ2v) is 5.47. The van der Waals surface area contributed by atoms with Gasteiger partial charge in [0.1, 0.15) is 10.8 Å². The number of rotatable bonds is 5. The van der Waals surface area contributed by atoms with E-state index >= 15 is 0 Å². The molecule has 6 nitrogen and oxygen atoms in total. The molecule has 2 heterocycles. The quantitative estimate of drug-likeness (QED) is 0.870. The molecule has 106 valence electrons. The van der Waals surface area contributed by atoms with Crippen LogP contribution in [-0.4, -0.2) is 26.0 Å². The Labute approximate surface area is 119 Å². The summed E-state index contributed by atoms with van der Waals surface area (Å²) >= 11 is 1.52. The highest BCUT2D eigenvalue weighted by Gasteiger charge is 2.11. The molecule has 0 spiro atoms. The first-order valence-corrected chi connectivity index (χ1v) is 7.05. The Morgan fingerprint density at radius 1 is 1.40 bits per heavy atom. The number of carboxylic acids is 1. The van der Waals surface area contributed by atoms with Crippen molar-refractivity contribution in [3.05, 3.63) is 43.5 Å². The molecule has 0 aliphatic heterocycles. The SMILES string of the molecule is Cc1csc(Cc2nc(C)c(CCC(=O)O)c(=O)[nH]2)n1. The first-order chi connectivity index (χ1) is 9.45. The van der Waals surface area contributed by atoms with Gasteiger partial charge in [0.25, 0.3) is 5.56 Å². The maximum atomic E-state index is 12.0. The molecule has 2 aromatic rings. The van der Waals surface area contributed by atoms with Gasteiger partial charge in [-0.3, -0.25) is 9.59 Å². The van der Waals surface area contributed by atoms with E-state index in [0.29, 0.717) is 23.5 Å². The van der Waals surface area contributed by atoms with Gasteiger partial charge >= 0.3 is 5.97 Å². The van der Waals surface area contributed by atoms with E-state index in [9.17, 15) is 9.59 Å². The molecule has 0 aliphatic carbocycles. The van der Waals surface area contributed by atoms with Crippen molar-refractivity contribution >= 4 is 17.3 Å². The Morgan fingerprint density at radius 2 is 2.15 bits per heavy atom. The number of H-pyrrole nitrogens is 1. The summed E-state index contributed by atoms with van der Waals surface area (Å²) in [4.78, 5) is 33.9. The minimum Gasteiger partial charge on any atom is -0.481 e. The first kappa shape index (κ1) is 14.4. The van der Waals surface area contributed by atoms with Crippen LogP contribution in [0.3, 0.4) is 0 Å². The van der Waals surface area contributed by atoms with Gasteiger partial charge in [-0.05, 0) is 20.3 Å². The molecule has 0 unspecified atom stereocenters. The van der Waals surface area contributed by atoms with Crippen LogP contribution < -0.4 is 5.56 Å². The molecule has 0 amide bonds. The number of carboxylic acid groups (broad SMARTS) is 1. The van der Waals surface area contributed by atoms with Gasteiger partial charge in [0, 0.05) is 28.8 Å². The number of aromatic amines is 1. The second kappa shape index (κ2) is 5.96. The zero-order valence-electron chi connectivity index (χ0n) is 11.3. The summed E-state index contributed by atoms with van der Waals surface area (Å²) in [7, 11) is 0. The third kappa shape index (κ3) is 3.51. The number of hydrogen-bond acceptors (Lipinski definition) is 5. The van der Waals surface area contributed by atoms with E-state index in [1.165, 1.54) is 11.3 Å². The molecule has 0 saturated heterocycles. The van der Waals surface area contributed by atoms with Crippen LogP contribution in [-0.2, 0) is 17.6 Å². The number of hydrogen-bond donors (Lipinski definition) is 2. The van der Waals surface area contributed by atoms with Gasteiger partial charge in [0.2, 0.25) is 0 Å².